The second-order valence-electron chi connectivity index (χ2n) is 7.70. The molecule has 1 saturated heterocycles. The molecule has 2 aromatic rings. The number of aryl methyl sites for hydroxylation is 1. The van der Waals surface area contributed by atoms with Crippen molar-refractivity contribution in [2.75, 3.05) is 46.4 Å². The van der Waals surface area contributed by atoms with Crippen LogP contribution in [0.15, 0.2) is 60.7 Å². The van der Waals surface area contributed by atoms with Gasteiger partial charge in [0.05, 0.1) is 7.11 Å². The number of ether oxygens (including phenoxy) is 1. The summed E-state index contributed by atoms with van der Waals surface area (Å²) in [7, 11) is 1.71. The average Bonchev–Trinajstić information content (AvgIpc) is 2.76. The highest BCUT2D eigenvalue weighted by Gasteiger charge is 2.25. The summed E-state index contributed by atoms with van der Waals surface area (Å²) < 4.78 is 5.42. The van der Waals surface area contributed by atoms with Crippen molar-refractivity contribution in [3.05, 3.63) is 71.8 Å². The van der Waals surface area contributed by atoms with E-state index in [9.17, 15) is 5.11 Å². The van der Waals surface area contributed by atoms with Crippen LogP contribution in [-0.2, 0) is 6.42 Å². The first kappa shape index (κ1) is 21.6. The van der Waals surface area contributed by atoms with Crippen molar-refractivity contribution >= 4 is 6.08 Å². The van der Waals surface area contributed by atoms with Crippen LogP contribution in [0.25, 0.3) is 6.08 Å². The van der Waals surface area contributed by atoms with Gasteiger partial charge < -0.3 is 9.84 Å². The molecule has 1 atom stereocenters. The largest absolute Gasteiger partial charge is 0.496 e. The normalized spacial score (nSPS) is 18.3. The molecule has 1 aliphatic rings. The first-order valence-electron chi connectivity index (χ1n) is 10.7. The lowest BCUT2D eigenvalue weighted by molar-refractivity contribution is 0.0646. The first-order valence-corrected chi connectivity index (χ1v) is 10.7. The monoisotopic (exact) mass is 394 g/mol. The van der Waals surface area contributed by atoms with Crippen molar-refractivity contribution in [1.29, 1.82) is 0 Å². The highest BCUT2D eigenvalue weighted by molar-refractivity contribution is 5.57. The molecule has 0 aliphatic carbocycles. The van der Waals surface area contributed by atoms with Crippen LogP contribution < -0.4 is 4.74 Å². The molecule has 4 heteroatoms. The lowest BCUT2D eigenvalue weighted by Gasteiger charge is -2.41. The molecule has 1 aliphatic heterocycles. The van der Waals surface area contributed by atoms with Crippen molar-refractivity contribution in [2.45, 2.75) is 25.3 Å². The number of hydrogen-bond donors (Lipinski definition) is 1. The van der Waals surface area contributed by atoms with E-state index in [1.165, 1.54) is 12.0 Å². The lowest BCUT2D eigenvalue weighted by Crippen LogP contribution is -2.53. The maximum atomic E-state index is 9.54. The van der Waals surface area contributed by atoms with Crippen molar-refractivity contribution in [3.8, 4) is 5.75 Å². The molecule has 0 amide bonds. The molecule has 1 heterocycles. The van der Waals surface area contributed by atoms with Crippen LogP contribution in [0.1, 0.15) is 24.0 Å². The van der Waals surface area contributed by atoms with Gasteiger partial charge in [0.15, 0.2) is 0 Å². The van der Waals surface area contributed by atoms with Gasteiger partial charge in [-0.25, -0.2) is 0 Å². The maximum absolute atomic E-state index is 9.54. The predicted octanol–water partition coefficient (Wildman–Crippen LogP) is 3.71. The molecule has 3 rings (SSSR count). The Morgan fingerprint density at radius 3 is 2.66 bits per heavy atom. The van der Waals surface area contributed by atoms with Crippen molar-refractivity contribution < 1.29 is 9.84 Å². The third-order valence-corrected chi connectivity index (χ3v) is 5.70. The molecular weight excluding hydrogens is 360 g/mol. The Balaban J connectivity index is 1.48. The Morgan fingerprint density at radius 1 is 1.07 bits per heavy atom. The Labute approximate surface area is 175 Å². The van der Waals surface area contributed by atoms with Gasteiger partial charge in [0, 0.05) is 44.4 Å². The van der Waals surface area contributed by atoms with E-state index in [0.29, 0.717) is 6.04 Å². The zero-order valence-electron chi connectivity index (χ0n) is 17.5. The third kappa shape index (κ3) is 6.70. The third-order valence-electron chi connectivity index (χ3n) is 5.70. The molecule has 2 aromatic carbocycles. The zero-order valence-corrected chi connectivity index (χ0v) is 17.5. The number of methoxy groups -OCH3 is 1. The van der Waals surface area contributed by atoms with Crippen molar-refractivity contribution in [2.24, 2.45) is 0 Å². The fourth-order valence-corrected chi connectivity index (χ4v) is 4.10. The summed E-state index contributed by atoms with van der Waals surface area (Å²) >= 11 is 0. The topological polar surface area (TPSA) is 35.9 Å². The molecule has 0 radical (unpaired) electrons. The van der Waals surface area contributed by atoms with E-state index in [0.717, 1.165) is 56.9 Å². The molecule has 0 saturated carbocycles. The van der Waals surface area contributed by atoms with Gasteiger partial charge >= 0.3 is 0 Å². The Kier molecular flexibility index (Phi) is 8.75. The van der Waals surface area contributed by atoms with Gasteiger partial charge in [-0.3, -0.25) is 9.80 Å². The predicted molar refractivity (Wildman–Crippen MR) is 120 cm³/mol. The van der Waals surface area contributed by atoms with E-state index in [1.807, 2.05) is 18.2 Å². The minimum Gasteiger partial charge on any atom is -0.496 e. The molecule has 0 spiro atoms. The Morgan fingerprint density at radius 2 is 1.86 bits per heavy atom. The highest BCUT2D eigenvalue weighted by atomic mass is 16.5. The zero-order chi connectivity index (χ0) is 20.3. The number of para-hydroxylation sites is 1. The number of nitrogens with zero attached hydrogens (tertiary/aromatic N) is 2. The minimum absolute atomic E-state index is 0.255. The van der Waals surface area contributed by atoms with Gasteiger partial charge in [0.25, 0.3) is 0 Å². The molecule has 0 aromatic heterocycles. The summed E-state index contributed by atoms with van der Waals surface area (Å²) in [5.41, 5.74) is 2.52. The number of aliphatic hydroxyl groups excluding tert-OH is 1. The second-order valence-corrected chi connectivity index (χ2v) is 7.70. The van der Waals surface area contributed by atoms with Crippen molar-refractivity contribution in [1.82, 2.24) is 9.80 Å². The standard InChI is InChI=1S/C25H34N2O2/c1-29-25-14-6-5-12-23(25)13-8-16-26-18-19-27(24(21-26)15-20-28)17-7-11-22-9-3-2-4-10-22/h2-6,8-10,12-14,24,28H,7,11,15-21H2,1H3/b13-8+/t24-/m0/s1. The van der Waals surface area contributed by atoms with E-state index in [2.05, 4.69) is 58.4 Å². The Bertz CT molecular complexity index is 747. The van der Waals surface area contributed by atoms with Crippen LogP contribution in [0.4, 0.5) is 0 Å². The lowest BCUT2D eigenvalue weighted by atomic mass is 10.1. The quantitative estimate of drug-likeness (QED) is 0.666. The van der Waals surface area contributed by atoms with Crippen LogP contribution in [0.3, 0.4) is 0 Å². The van der Waals surface area contributed by atoms with Crippen LogP contribution in [0.5, 0.6) is 5.75 Å². The maximum Gasteiger partial charge on any atom is 0.126 e. The van der Waals surface area contributed by atoms with Gasteiger partial charge in [0.1, 0.15) is 5.75 Å². The SMILES string of the molecule is COc1ccccc1/C=C/CN1CCN(CCCc2ccccc2)[C@@H](CCO)C1. The minimum atomic E-state index is 0.255. The smallest absolute Gasteiger partial charge is 0.126 e. The van der Waals surface area contributed by atoms with Crippen LogP contribution in [0.2, 0.25) is 0 Å². The van der Waals surface area contributed by atoms with Gasteiger partial charge in [0.2, 0.25) is 0 Å². The van der Waals surface area contributed by atoms with Crippen LogP contribution >= 0.6 is 0 Å². The van der Waals surface area contributed by atoms with Gasteiger partial charge in [-0.2, -0.15) is 0 Å². The molecule has 29 heavy (non-hydrogen) atoms. The molecule has 1 fully saturated rings. The Hall–Kier alpha value is -2.14. The summed E-state index contributed by atoms with van der Waals surface area (Å²) in [6.07, 6.45) is 7.50. The fraction of sp³-hybridized carbons (Fsp3) is 0.440. The molecule has 0 bridgehead atoms. The second kappa shape index (κ2) is 11.8. The fourth-order valence-electron chi connectivity index (χ4n) is 4.10. The summed E-state index contributed by atoms with van der Waals surface area (Å²) in [6.45, 7) is 5.45. The molecule has 4 nitrogen and oxygen atoms in total. The number of piperazine rings is 1. The average molecular weight is 395 g/mol. The van der Waals surface area contributed by atoms with Gasteiger partial charge in [-0.05, 0) is 37.4 Å². The number of benzene rings is 2. The van der Waals surface area contributed by atoms with E-state index in [-0.39, 0.29) is 6.61 Å². The van der Waals surface area contributed by atoms with E-state index in [4.69, 9.17) is 4.74 Å². The van der Waals surface area contributed by atoms with E-state index in [1.54, 1.807) is 7.11 Å². The first-order chi connectivity index (χ1) is 14.3. The van der Waals surface area contributed by atoms with Crippen LogP contribution in [-0.4, -0.2) is 67.4 Å². The van der Waals surface area contributed by atoms with E-state index < -0.39 is 0 Å². The summed E-state index contributed by atoms with van der Waals surface area (Å²) in [4.78, 5) is 5.06. The molecule has 1 N–H and O–H groups in total. The number of hydrogen-bond acceptors (Lipinski definition) is 4. The number of aliphatic hydroxyl groups is 1. The molecular formula is C25H34N2O2. The van der Waals surface area contributed by atoms with Gasteiger partial charge in [-0.15, -0.1) is 0 Å². The van der Waals surface area contributed by atoms with Crippen LogP contribution in [0, 0.1) is 0 Å². The highest BCUT2D eigenvalue weighted by Crippen LogP contribution is 2.19. The molecule has 156 valence electrons. The number of rotatable bonds is 10. The van der Waals surface area contributed by atoms with E-state index >= 15 is 0 Å². The van der Waals surface area contributed by atoms with Crippen molar-refractivity contribution in [3.63, 3.8) is 0 Å². The summed E-state index contributed by atoms with van der Waals surface area (Å²) in [5, 5.41) is 9.54. The van der Waals surface area contributed by atoms with Gasteiger partial charge in [-0.1, -0.05) is 60.7 Å². The summed E-state index contributed by atoms with van der Waals surface area (Å²) in [6, 6.07) is 19.2. The summed E-state index contributed by atoms with van der Waals surface area (Å²) in [5.74, 6) is 0.908. The molecule has 0 unspecified atom stereocenters.